The Morgan fingerprint density at radius 3 is 2.57 bits per heavy atom. The predicted molar refractivity (Wildman–Crippen MR) is 111 cm³/mol. The van der Waals surface area contributed by atoms with Crippen molar-refractivity contribution in [1.29, 1.82) is 0 Å². The van der Waals surface area contributed by atoms with Crippen molar-refractivity contribution in [3.63, 3.8) is 0 Å². The van der Waals surface area contributed by atoms with E-state index in [-0.39, 0.29) is 0 Å². The topological polar surface area (TPSA) is 64.9 Å². The van der Waals surface area contributed by atoms with E-state index >= 15 is 0 Å². The number of aromatic nitrogens is 4. The molecule has 0 saturated carbocycles. The molecule has 2 aromatic heterocycles. The van der Waals surface area contributed by atoms with Crippen LogP contribution in [0.25, 0.3) is 16.9 Å². The summed E-state index contributed by atoms with van der Waals surface area (Å²) >= 11 is 0. The Morgan fingerprint density at radius 1 is 0.964 bits per heavy atom. The van der Waals surface area contributed by atoms with Gasteiger partial charge in [0.15, 0.2) is 0 Å². The largest absolute Gasteiger partial charge is 0.380 e. The first kappa shape index (κ1) is 18.1. The summed E-state index contributed by atoms with van der Waals surface area (Å²) in [5.41, 5.74) is 4.45. The van der Waals surface area contributed by atoms with Gasteiger partial charge in [-0.05, 0) is 37.1 Å². The third-order valence-electron chi connectivity index (χ3n) is 4.65. The van der Waals surface area contributed by atoms with Crippen molar-refractivity contribution in [2.75, 3.05) is 12.4 Å². The minimum absolute atomic E-state index is 0.570. The second kappa shape index (κ2) is 7.78. The standard InChI is InChI=1S/C22H23N5O/c1-15-12-19-18(14-28-3)10-7-11-20(19)27(15)22-25-16(2)24-21(26-22)23-13-17-8-5-4-6-9-17/h4-12H,13-14H2,1-3H3,(H,23,24,25,26). The molecule has 0 unspecified atom stereocenters. The maximum absolute atomic E-state index is 5.34. The van der Waals surface area contributed by atoms with Gasteiger partial charge in [-0.25, -0.2) is 0 Å². The lowest BCUT2D eigenvalue weighted by Crippen LogP contribution is -2.11. The fourth-order valence-corrected chi connectivity index (χ4v) is 3.40. The van der Waals surface area contributed by atoms with Crippen LogP contribution >= 0.6 is 0 Å². The van der Waals surface area contributed by atoms with Gasteiger partial charge in [0.2, 0.25) is 11.9 Å². The maximum Gasteiger partial charge on any atom is 0.239 e. The SMILES string of the molecule is COCc1cccc2c1cc(C)n2-c1nc(C)nc(NCc2ccccc2)n1. The first-order valence-electron chi connectivity index (χ1n) is 9.25. The third kappa shape index (κ3) is 3.59. The van der Waals surface area contributed by atoms with Gasteiger partial charge in [-0.1, -0.05) is 42.5 Å². The van der Waals surface area contributed by atoms with E-state index in [1.165, 1.54) is 5.56 Å². The van der Waals surface area contributed by atoms with Gasteiger partial charge >= 0.3 is 0 Å². The lowest BCUT2D eigenvalue weighted by Gasteiger charge is -2.11. The summed E-state index contributed by atoms with van der Waals surface area (Å²) in [5, 5.41) is 4.46. The highest BCUT2D eigenvalue weighted by Crippen LogP contribution is 2.26. The number of hydrogen-bond donors (Lipinski definition) is 1. The average molecular weight is 373 g/mol. The smallest absolute Gasteiger partial charge is 0.239 e. The number of hydrogen-bond acceptors (Lipinski definition) is 5. The van der Waals surface area contributed by atoms with E-state index < -0.39 is 0 Å². The van der Waals surface area contributed by atoms with Crippen LogP contribution in [0.15, 0.2) is 54.6 Å². The Balaban J connectivity index is 1.72. The van der Waals surface area contributed by atoms with Crippen LogP contribution < -0.4 is 5.32 Å². The normalized spacial score (nSPS) is 11.1. The first-order chi connectivity index (χ1) is 13.7. The molecule has 0 aliphatic heterocycles. The summed E-state index contributed by atoms with van der Waals surface area (Å²) in [7, 11) is 1.71. The molecule has 0 aliphatic carbocycles. The van der Waals surface area contributed by atoms with Crippen LogP contribution in [-0.4, -0.2) is 26.6 Å². The van der Waals surface area contributed by atoms with Gasteiger partial charge in [-0.3, -0.25) is 4.57 Å². The Labute approximate surface area is 164 Å². The van der Waals surface area contributed by atoms with E-state index in [1.54, 1.807) is 7.11 Å². The average Bonchev–Trinajstić information content (AvgIpc) is 3.04. The number of nitrogens with zero attached hydrogens (tertiary/aromatic N) is 4. The number of anilines is 1. The monoisotopic (exact) mass is 373 g/mol. The quantitative estimate of drug-likeness (QED) is 0.549. The zero-order valence-electron chi connectivity index (χ0n) is 16.3. The van der Waals surface area contributed by atoms with E-state index in [1.807, 2.05) is 31.2 Å². The van der Waals surface area contributed by atoms with E-state index in [0.29, 0.717) is 30.9 Å². The fraction of sp³-hybridized carbons (Fsp3) is 0.227. The molecule has 0 amide bonds. The van der Waals surface area contributed by atoms with Crippen LogP contribution in [0.2, 0.25) is 0 Å². The van der Waals surface area contributed by atoms with Crippen molar-refractivity contribution in [1.82, 2.24) is 19.5 Å². The van der Waals surface area contributed by atoms with E-state index in [0.717, 1.165) is 22.2 Å². The molecule has 2 aromatic carbocycles. The Kier molecular flexibility index (Phi) is 5.04. The molecular weight excluding hydrogens is 350 g/mol. The highest BCUT2D eigenvalue weighted by Gasteiger charge is 2.14. The Bertz CT molecular complexity index is 1100. The summed E-state index contributed by atoms with van der Waals surface area (Å²) in [6, 6.07) is 18.5. The molecule has 6 heteroatoms. The highest BCUT2D eigenvalue weighted by molar-refractivity contribution is 5.86. The fourth-order valence-electron chi connectivity index (χ4n) is 3.40. The molecule has 0 spiro atoms. The molecule has 1 N–H and O–H groups in total. The number of aryl methyl sites for hydroxylation is 2. The predicted octanol–water partition coefficient (Wildman–Crippen LogP) is 4.19. The van der Waals surface area contributed by atoms with E-state index in [4.69, 9.17) is 4.74 Å². The van der Waals surface area contributed by atoms with Gasteiger partial charge in [-0.2, -0.15) is 15.0 Å². The lowest BCUT2D eigenvalue weighted by atomic mass is 10.1. The Hall–Kier alpha value is -3.25. The molecular formula is C22H23N5O. The van der Waals surface area contributed by atoms with Gasteiger partial charge in [0.05, 0.1) is 12.1 Å². The van der Waals surface area contributed by atoms with Gasteiger partial charge in [0, 0.05) is 24.7 Å². The Morgan fingerprint density at radius 2 is 1.79 bits per heavy atom. The number of fused-ring (bicyclic) bond motifs is 1. The van der Waals surface area contributed by atoms with Crippen molar-refractivity contribution < 1.29 is 4.74 Å². The van der Waals surface area contributed by atoms with E-state index in [2.05, 4.69) is 62.1 Å². The second-order valence-corrected chi connectivity index (χ2v) is 6.75. The number of benzene rings is 2. The summed E-state index contributed by atoms with van der Waals surface area (Å²) in [6.45, 7) is 5.18. The summed E-state index contributed by atoms with van der Waals surface area (Å²) in [6.07, 6.45) is 0. The van der Waals surface area contributed by atoms with Crippen LogP contribution in [0, 0.1) is 13.8 Å². The molecule has 142 valence electrons. The maximum atomic E-state index is 5.34. The molecule has 0 radical (unpaired) electrons. The zero-order chi connectivity index (χ0) is 19.5. The molecule has 28 heavy (non-hydrogen) atoms. The summed E-state index contributed by atoms with van der Waals surface area (Å²) in [4.78, 5) is 13.7. The lowest BCUT2D eigenvalue weighted by molar-refractivity contribution is 0.186. The van der Waals surface area contributed by atoms with Gasteiger partial charge < -0.3 is 10.1 Å². The van der Waals surface area contributed by atoms with Crippen molar-refractivity contribution in [3.8, 4) is 5.95 Å². The van der Waals surface area contributed by atoms with Gasteiger partial charge in [0.1, 0.15) is 5.82 Å². The summed E-state index contributed by atoms with van der Waals surface area (Å²) in [5.74, 6) is 1.86. The first-order valence-corrected chi connectivity index (χ1v) is 9.25. The van der Waals surface area contributed by atoms with Crippen LogP contribution in [-0.2, 0) is 17.9 Å². The van der Waals surface area contributed by atoms with Crippen molar-refractivity contribution in [2.45, 2.75) is 27.0 Å². The van der Waals surface area contributed by atoms with Gasteiger partial charge in [0.25, 0.3) is 0 Å². The third-order valence-corrected chi connectivity index (χ3v) is 4.65. The zero-order valence-corrected chi connectivity index (χ0v) is 16.3. The van der Waals surface area contributed by atoms with Crippen molar-refractivity contribution >= 4 is 16.9 Å². The highest BCUT2D eigenvalue weighted by atomic mass is 16.5. The van der Waals surface area contributed by atoms with E-state index in [9.17, 15) is 0 Å². The molecule has 4 aromatic rings. The molecule has 4 rings (SSSR count). The molecule has 2 heterocycles. The number of ether oxygens (including phenoxy) is 1. The summed E-state index contributed by atoms with van der Waals surface area (Å²) < 4.78 is 7.41. The molecule has 0 saturated heterocycles. The van der Waals surface area contributed by atoms with Gasteiger partial charge in [-0.15, -0.1) is 0 Å². The van der Waals surface area contributed by atoms with Crippen LogP contribution in [0.3, 0.4) is 0 Å². The molecule has 0 bridgehead atoms. The number of rotatable bonds is 6. The van der Waals surface area contributed by atoms with Crippen LogP contribution in [0.5, 0.6) is 0 Å². The van der Waals surface area contributed by atoms with Crippen LogP contribution in [0.4, 0.5) is 5.95 Å². The number of methoxy groups -OCH3 is 1. The second-order valence-electron chi connectivity index (χ2n) is 6.75. The minimum atomic E-state index is 0.570. The van der Waals surface area contributed by atoms with Crippen molar-refractivity contribution in [3.05, 3.63) is 77.2 Å². The molecule has 0 fully saturated rings. The molecule has 6 nitrogen and oxygen atoms in total. The van der Waals surface area contributed by atoms with Crippen molar-refractivity contribution in [2.24, 2.45) is 0 Å². The minimum Gasteiger partial charge on any atom is -0.380 e. The molecule has 0 aliphatic rings. The molecule has 0 atom stereocenters. The van der Waals surface area contributed by atoms with Crippen LogP contribution in [0.1, 0.15) is 22.6 Å². The number of nitrogens with one attached hydrogen (secondary N) is 1.